The van der Waals surface area contributed by atoms with E-state index in [1.807, 2.05) is 0 Å². The van der Waals surface area contributed by atoms with Gasteiger partial charge < -0.3 is 5.11 Å². The Labute approximate surface area is 110 Å². The Bertz CT molecular complexity index is 436. The van der Waals surface area contributed by atoms with Crippen LogP contribution >= 0.6 is 15.9 Å². The highest BCUT2D eigenvalue weighted by Gasteiger charge is 2.29. The first kappa shape index (κ1) is 14.3. The third kappa shape index (κ3) is 3.13. The largest absolute Gasteiger partial charge is 0.390 e. The van der Waals surface area contributed by atoms with Gasteiger partial charge in [-0.15, -0.1) is 0 Å². The molecule has 94 valence electrons. The molecule has 0 amide bonds. The Morgan fingerprint density at radius 1 is 1.12 bits per heavy atom. The van der Waals surface area contributed by atoms with Crippen molar-refractivity contribution in [2.45, 2.75) is 46.1 Å². The molecular formula is C13H17BrO3. The highest BCUT2D eigenvalue weighted by molar-refractivity contribution is 9.12. The fraction of sp³-hybridized carbons (Fsp3) is 0.538. The summed E-state index contributed by atoms with van der Waals surface area (Å²) in [5.74, 6) is -0.230. The molecular weight excluding hydrogens is 284 g/mol. The SMILES string of the molecule is CC1=C(Br)C(=O)C(C)=C(CCC(C)(C)O)C1=O. The molecule has 1 aliphatic rings. The molecule has 0 spiro atoms. The number of Topliss-reactive ketones (excluding diaryl/α,β-unsaturated/α-hetero) is 2. The number of allylic oxidation sites excluding steroid dienone is 4. The zero-order valence-corrected chi connectivity index (χ0v) is 12.1. The summed E-state index contributed by atoms with van der Waals surface area (Å²) in [5, 5.41) is 9.66. The van der Waals surface area contributed by atoms with E-state index in [1.54, 1.807) is 27.7 Å². The van der Waals surface area contributed by atoms with Gasteiger partial charge in [-0.05, 0) is 56.5 Å². The van der Waals surface area contributed by atoms with E-state index >= 15 is 0 Å². The quantitative estimate of drug-likeness (QED) is 0.815. The van der Waals surface area contributed by atoms with Crippen molar-refractivity contribution >= 4 is 27.5 Å². The second-order valence-corrected chi connectivity index (χ2v) is 5.81. The highest BCUT2D eigenvalue weighted by Crippen LogP contribution is 2.31. The zero-order valence-electron chi connectivity index (χ0n) is 10.6. The van der Waals surface area contributed by atoms with Gasteiger partial charge in [-0.1, -0.05) is 0 Å². The monoisotopic (exact) mass is 300 g/mol. The van der Waals surface area contributed by atoms with E-state index in [0.717, 1.165) is 0 Å². The molecule has 1 rings (SSSR count). The van der Waals surface area contributed by atoms with Crippen LogP contribution in [0.4, 0.5) is 0 Å². The molecule has 0 saturated heterocycles. The predicted molar refractivity (Wildman–Crippen MR) is 69.9 cm³/mol. The maximum Gasteiger partial charge on any atom is 0.196 e. The van der Waals surface area contributed by atoms with Crippen LogP contribution in [0.15, 0.2) is 21.2 Å². The number of ketones is 2. The lowest BCUT2D eigenvalue weighted by Crippen LogP contribution is -2.23. The van der Waals surface area contributed by atoms with Crippen LogP contribution in [0.5, 0.6) is 0 Å². The Morgan fingerprint density at radius 3 is 2.12 bits per heavy atom. The van der Waals surface area contributed by atoms with Crippen LogP contribution in [0.2, 0.25) is 0 Å². The van der Waals surface area contributed by atoms with Crippen LogP contribution in [0.3, 0.4) is 0 Å². The smallest absolute Gasteiger partial charge is 0.196 e. The fourth-order valence-electron chi connectivity index (χ4n) is 1.70. The third-order valence-corrected chi connectivity index (χ3v) is 3.88. The van der Waals surface area contributed by atoms with Crippen molar-refractivity contribution in [1.82, 2.24) is 0 Å². The van der Waals surface area contributed by atoms with Crippen LogP contribution in [0.25, 0.3) is 0 Å². The minimum Gasteiger partial charge on any atom is -0.390 e. The van der Waals surface area contributed by atoms with E-state index in [-0.39, 0.29) is 11.6 Å². The van der Waals surface area contributed by atoms with E-state index in [1.165, 1.54) is 0 Å². The molecule has 0 aromatic heterocycles. The van der Waals surface area contributed by atoms with Crippen LogP contribution in [-0.4, -0.2) is 22.3 Å². The van der Waals surface area contributed by atoms with Gasteiger partial charge in [0.05, 0.1) is 10.1 Å². The minimum absolute atomic E-state index is 0.0989. The van der Waals surface area contributed by atoms with Crippen molar-refractivity contribution in [2.75, 3.05) is 0 Å². The van der Waals surface area contributed by atoms with Crippen molar-refractivity contribution < 1.29 is 14.7 Å². The third-order valence-electron chi connectivity index (χ3n) is 2.92. The average Bonchev–Trinajstić information content (AvgIpc) is 2.22. The normalized spacial score (nSPS) is 18.2. The number of hydrogen-bond donors (Lipinski definition) is 1. The molecule has 0 heterocycles. The first-order valence-electron chi connectivity index (χ1n) is 5.53. The molecule has 0 atom stereocenters. The molecule has 17 heavy (non-hydrogen) atoms. The van der Waals surface area contributed by atoms with E-state index in [0.29, 0.717) is 34.0 Å². The molecule has 0 aromatic rings. The maximum atomic E-state index is 12.0. The van der Waals surface area contributed by atoms with Gasteiger partial charge in [0, 0.05) is 16.7 Å². The summed E-state index contributed by atoms with van der Waals surface area (Å²) >= 11 is 3.14. The van der Waals surface area contributed by atoms with Crippen LogP contribution in [-0.2, 0) is 9.59 Å². The Balaban J connectivity index is 3.00. The van der Waals surface area contributed by atoms with Crippen LogP contribution < -0.4 is 0 Å². The number of rotatable bonds is 3. The number of carbonyl (C=O) groups excluding carboxylic acids is 2. The van der Waals surface area contributed by atoms with Gasteiger partial charge in [0.25, 0.3) is 0 Å². The van der Waals surface area contributed by atoms with Crippen LogP contribution in [0.1, 0.15) is 40.5 Å². The van der Waals surface area contributed by atoms with Gasteiger partial charge in [-0.3, -0.25) is 9.59 Å². The lowest BCUT2D eigenvalue weighted by Gasteiger charge is -2.21. The number of hydrogen-bond acceptors (Lipinski definition) is 3. The highest BCUT2D eigenvalue weighted by atomic mass is 79.9. The second-order valence-electron chi connectivity index (χ2n) is 5.01. The standard InChI is InChI=1S/C13H17BrO3/c1-7-9(5-6-13(3,4)17)11(15)8(2)10(14)12(7)16/h17H,5-6H2,1-4H3. The first-order valence-corrected chi connectivity index (χ1v) is 6.32. The van der Waals surface area contributed by atoms with Gasteiger partial charge in [-0.2, -0.15) is 0 Å². The van der Waals surface area contributed by atoms with Gasteiger partial charge >= 0.3 is 0 Å². The maximum absolute atomic E-state index is 12.0. The lowest BCUT2D eigenvalue weighted by molar-refractivity contribution is -0.116. The molecule has 0 aromatic carbocycles. The van der Waals surface area contributed by atoms with Crippen molar-refractivity contribution in [3.8, 4) is 0 Å². The summed E-state index contributed by atoms with van der Waals surface area (Å²) in [7, 11) is 0. The molecule has 1 aliphatic carbocycles. The summed E-state index contributed by atoms with van der Waals surface area (Å²) in [4.78, 5) is 23.9. The van der Waals surface area contributed by atoms with E-state index < -0.39 is 5.60 Å². The van der Waals surface area contributed by atoms with Gasteiger partial charge in [-0.25, -0.2) is 0 Å². The summed E-state index contributed by atoms with van der Waals surface area (Å²) in [5.41, 5.74) is 0.629. The first-order chi connectivity index (χ1) is 7.65. The van der Waals surface area contributed by atoms with Gasteiger partial charge in [0.2, 0.25) is 0 Å². The van der Waals surface area contributed by atoms with Gasteiger partial charge in [0.15, 0.2) is 11.6 Å². The molecule has 4 heteroatoms. The molecule has 1 N–H and O–H groups in total. The average molecular weight is 301 g/mol. The summed E-state index contributed by atoms with van der Waals surface area (Å²) in [6.07, 6.45) is 0.890. The second kappa shape index (κ2) is 4.86. The summed E-state index contributed by atoms with van der Waals surface area (Å²) < 4.78 is 0.354. The van der Waals surface area contributed by atoms with E-state index in [9.17, 15) is 14.7 Å². The Morgan fingerprint density at radius 2 is 1.65 bits per heavy atom. The molecule has 0 bridgehead atoms. The Kier molecular flexibility index (Phi) is 4.10. The number of halogens is 1. The molecule has 3 nitrogen and oxygen atoms in total. The number of carbonyl (C=O) groups is 2. The molecule has 0 unspecified atom stereocenters. The summed E-state index contributed by atoms with van der Waals surface area (Å²) in [6.45, 7) is 6.68. The topological polar surface area (TPSA) is 54.4 Å². The van der Waals surface area contributed by atoms with Crippen molar-refractivity contribution in [2.24, 2.45) is 0 Å². The lowest BCUT2D eigenvalue weighted by atomic mass is 9.86. The predicted octanol–water partition coefficient (Wildman–Crippen LogP) is 2.67. The van der Waals surface area contributed by atoms with E-state index in [4.69, 9.17) is 0 Å². The molecule has 0 saturated carbocycles. The molecule has 0 aliphatic heterocycles. The Hall–Kier alpha value is -0.740. The molecule has 0 fully saturated rings. The van der Waals surface area contributed by atoms with Crippen molar-refractivity contribution in [3.63, 3.8) is 0 Å². The van der Waals surface area contributed by atoms with Gasteiger partial charge in [0.1, 0.15) is 0 Å². The van der Waals surface area contributed by atoms with Crippen molar-refractivity contribution in [1.29, 1.82) is 0 Å². The summed E-state index contributed by atoms with van der Waals surface area (Å²) in [6, 6.07) is 0. The fourth-order valence-corrected chi connectivity index (χ4v) is 2.18. The van der Waals surface area contributed by atoms with E-state index in [2.05, 4.69) is 15.9 Å². The number of aliphatic hydroxyl groups is 1. The van der Waals surface area contributed by atoms with Crippen LogP contribution in [0, 0.1) is 0 Å². The minimum atomic E-state index is -0.830. The van der Waals surface area contributed by atoms with Crippen molar-refractivity contribution in [3.05, 3.63) is 21.2 Å². The molecule has 0 radical (unpaired) electrons. The zero-order chi connectivity index (χ0) is 13.4.